The van der Waals surface area contributed by atoms with Crippen LogP contribution in [0.3, 0.4) is 0 Å². The lowest BCUT2D eigenvalue weighted by Gasteiger charge is -2.30. The summed E-state index contributed by atoms with van der Waals surface area (Å²) in [7, 11) is 4.20. The highest BCUT2D eigenvalue weighted by atomic mass is 16.5. The topological polar surface area (TPSA) is 42.3 Å². The van der Waals surface area contributed by atoms with E-state index in [2.05, 4.69) is 36.2 Å². The number of nitrogens with one attached hydrogen (secondary N) is 1. The van der Waals surface area contributed by atoms with Gasteiger partial charge in [-0.2, -0.15) is 5.10 Å². The van der Waals surface area contributed by atoms with E-state index in [1.165, 1.54) is 17.0 Å². The molecule has 1 aliphatic rings. The first-order valence-electron chi connectivity index (χ1n) is 7.70. The molecule has 0 amide bonds. The Bertz CT molecular complexity index is 430. The number of rotatable bonds is 6. The number of aryl methyl sites for hydroxylation is 2. The Balaban J connectivity index is 1.90. The second kappa shape index (κ2) is 7.20. The minimum Gasteiger partial charge on any atom is -0.374 e. The molecule has 114 valence electrons. The summed E-state index contributed by atoms with van der Waals surface area (Å²) in [4.78, 5) is 2.33. The predicted molar refractivity (Wildman–Crippen MR) is 80.9 cm³/mol. The van der Waals surface area contributed by atoms with Gasteiger partial charge in [0.15, 0.2) is 0 Å². The highest BCUT2D eigenvalue weighted by Crippen LogP contribution is 2.15. The van der Waals surface area contributed by atoms with Crippen molar-refractivity contribution in [2.45, 2.75) is 39.3 Å². The van der Waals surface area contributed by atoms with E-state index in [-0.39, 0.29) is 0 Å². The van der Waals surface area contributed by atoms with Crippen LogP contribution in [-0.2, 0) is 31.2 Å². The maximum Gasteiger partial charge on any atom is 0.0826 e. The van der Waals surface area contributed by atoms with Crippen LogP contribution in [-0.4, -0.2) is 54.1 Å². The van der Waals surface area contributed by atoms with Crippen LogP contribution < -0.4 is 5.32 Å². The molecule has 1 saturated heterocycles. The number of morpholine rings is 1. The van der Waals surface area contributed by atoms with Crippen LogP contribution in [0.2, 0.25) is 0 Å². The van der Waals surface area contributed by atoms with Gasteiger partial charge in [0.25, 0.3) is 0 Å². The number of hydrogen-bond donors (Lipinski definition) is 1. The molecule has 1 aliphatic heterocycles. The lowest BCUT2D eigenvalue weighted by molar-refractivity contribution is -0.0182. The summed E-state index contributed by atoms with van der Waals surface area (Å²) in [5.74, 6) is 0. The predicted octanol–water partition coefficient (Wildman–Crippen LogP) is 0.965. The molecule has 5 heteroatoms. The van der Waals surface area contributed by atoms with Crippen molar-refractivity contribution in [2.75, 3.05) is 33.3 Å². The number of aromatic nitrogens is 2. The van der Waals surface area contributed by atoms with Crippen molar-refractivity contribution in [3.05, 3.63) is 17.0 Å². The third-order valence-corrected chi connectivity index (χ3v) is 4.04. The van der Waals surface area contributed by atoms with Gasteiger partial charge >= 0.3 is 0 Å². The molecule has 1 unspecified atom stereocenters. The molecule has 2 heterocycles. The first-order valence-corrected chi connectivity index (χ1v) is 7.70. The molecule has 1 N–H and O–H groups in total. The SMILES string of the molecule is CCc1nn(C)c(CC)c1CNCC1CN(C)CCO1. The van der Waals surface area contributed by atoms with Crippen LogP contribution in [0.15, 0.2) is 0 Å². The van der Waals surface area contributed by atoms with Crippen molar-refractivity contribution in [3.63, 3.8) is 0 Å². The molecule has 1 fully saturated rings. The molecule has 0 saturated carbocycles. The summed E-state index contributed by atoms with van der Waals surface area (Å²) >= 11 is 0. The fourth-order valence-corrected chi connectivity index (χ4v) is 2.94. The smallest absolute Gasteiger partial charge is 0.0826 e. The molecule has 5 nitrogen and oxygen atoms in total. The Morgan fingerprint density at radius 3 is 2.75 bits per heavy atom. The summed E-state index contributed by atoms with van der Waals surface area (Å²) < 4.78 is 7.81. The van der Waals surface area contributed by atoms with Gasteiger partial charge in [0, 0.05) is 44.5 Å². The van der Waals surface area contributed by atoms with Gasteiger partial charge in [0.1, 0.15) is 0 Å². The Hall–Kier alpha value is -0.910. The van der Waals surface area contributed by atoms with Gasteiger partial charge in [-0.15, -0.1) is 0 Å². The Labute approximate surface area is 122 Å². The van der Waals surface area contributed by atoms with E-state index in [0.717, 1.165) is 45.6 Å². The van der Waals surface area contributed by atoms with Crippen LogP contribution in [0, 0.1) is 0 Å². The van der Waals surface area contributed by atoms with Crippen molar-refractivity contribution in [1.29, 1.82) is 0 Å². The molecule has 1 aromatic heterocycles. The van der Waals surface area contributed by atoms with E-state index in [1.54, 1.807) is 0 Å². The average Bonchev–Trinajstić information content (AvgIpc) is 2.74. The minimum absolute atomic E-state index is 0.306. The van der Waals surface area contributed by atoms with E-state index in [1.807, 2.05) is 11.7 Å². The van der Waals surface area contributed by atoms with Crippen LogP contribution in [0.4, 0.5) is 0 Å². The monoisotopic (exact) mass is 280 g/mol. The van der Waals surface area contributed by atoms with Crippen molar-refractivity contribution >= 4 is 0 Å². The molecular weight excluding hydrogens is 252 g/mol. The maximum absolute atomic E-state index is 5.78. The molecule has 20 heavy (non-hydrogen) atoms. The van der Waals surface area contributed by atoms with Crippen molar-refractivity contribution in [2.24, 2.45) is 7.05 Å². The molecule has 0 radical (unpaired) electrons. The van der Waals surface area contributed by atoms with Gasteiger partial charge in [-0.25, -0.2) is 0 Å². The van der Waals surface area contributed by atoms with Crippen LogP contribution in [0.5, 0.6) is 0 Å². The lowest BCUT2D eigenvalue weighted by Crippen LogP contribution is -2.44. The van der Waals surface area contributed by atoms with Gasteiger partial charge in [-0.1, -0.05) is 13.8 Å². The Morgan fingerprint density at radius 2 is 2.10 bits per heavy atom. The quantitative estimate of drug-likeness (QED) is 0.843. The largest absolute Gasteiger partial charge is 0.374 e. The van der Waals surface area contributed by atoms with Gasteiger partial charge in [-0.3, -0.25) is 4.68 Å². The summed E-state index contributed by atoms with van der Waals surface area (Å²) in [6.07, 6.45) is 2.33. The van der Waals surface area contributed by atoms with E-state index >= 15 is 0 Å². The van der Waals surface area contributed by atoms with Gasteiger partial charge in [0.05, 0.1) is 18.4 Å². The van der Waals surface area contributed by atoms with Gasteiger partial charge < -0.3 is 15.0 Å². The third-order valence-electron chi connectivity index (χ3n) is 4.04. The van der Waals surface area contributed by atoms with Crippen molar-refractivity contribution in [1.82, 2.24) is 20.0 Å². The van der Waals surface area contributed by atoms with E-state index in [9.17, 15) is 0 Å². The number of likely N-dealkylation sites (N-methyl/N-ethyl adjacent to an activating group) is 1. The van der Waals surface area contributed by atoms with Crippen LogP contribution >= 0.6 is 0 Å². The van der Waals surface area contributed by atoms with Gasteiger partial charge in [-0.05, 0) is 19.9 Å². The maximum atomic E-state index is 5.78. The fourth-order valence-electron chi connectivity index (χ4n) is 2.94. The lowest BCUT2D eigenvalue weighted by atomic mass is 10.1. The highest BCUT2D eigenvalue weighted by Gasteiger charge is 2.18. The molecule has 0 spiro atoms. The second-order valence-electron chi connectivity index (χ2n) is 5.59. The first kappa shape index (κ1) is 15.5. The van der Waals surface area contributed by atoms with Crippen LogP contribution in [0.25, 0.3) is 0 Å². The van der Waals surface area contributed by atoms with Crippen molar-refractivity contribution in [3.8, 4) is 0 Å². The Kier molecular flexibility index (Phi) is 5.57. The molecule has 1 atom stereocenters. The zero-order chi connectivity index (χ0) is 14.5. The third kappa shape index (κ3) is 3.59. The van der Waals surface area contributed by atoms with Crippen LogP contribution in [0.1, 0.15) is 30.8 Å². The molecule has 0 aromatic carbocycles. The average molecular weight is 280 g/mol. The zero-order valence-corrected chi connectivity index (χ0v) is 13.3. The van der Waals surface area contributed by atoms with E-state index < -0.39 is 0 Å². The summed E-state index contributed by atoms with van der Waals surface area (Å²) in [5.41, 5.74) is 3.94. The summed E-state index contributed by atoms with van der Waals surface area (Å²) in [6.45, 7) is 9.06. The molecule has 0 aliphatic carbocycles. The zero-order valence-electron chi connectivity index (χ0n) is 13.3. The van der Waals surface area contributed by atoms with E-state index in [0.29, 0.717) is 6.10 Å². The summed E-state index contributed by atoms with van der Waals surface area (Å²) in [6, 6.07) is 0. The number of ether oxygens (including phenoxy) is 1. The standard InChI is InChI=1S/C15H28N4O/c1-5-14-13(15(6-2)19(4)17-14)10-16-9-12-11-18(3)7-8-20-12/h12,16H,5-11H2,1-4H3. The molecule has 1 aromatic rings. The van der Waals surface area contributed by atoms with E-state index in [4.69, 9.17) is 4.74 Å². The highest BCUT2D eigenvalue weighted by molar-refractivity contribution is 5.26. The fraction of sp³-hybridized carbons (Fsp3) is 0.800. The second-order valence-corrected chi connectivity index (χ2v) is 5.59. The van der Waals surface area contributed by atoms with Gasteiger partial charge in [0.2, 0.25) is 0 Å². The molecule has 2 rings (SSSR count). The first-order chi connectivity index (χ1) is 9.65. The minimum atomic E-state index is 0.306. The molecule has 0 bridgehead atoms. The Morgan fingerprint density at radius 1 is 1.30 bits per heavy atom. The molecular formula is C15H28N4O. The van der Waals surface area contributed by atoms with Crippen molar-refractivity contribution < 1.29 is 4.74 Å². The summed E-state index contributed by atoms with van der Waals surface area (Å²) in [5, 5.41) is 8.16. The number of nitrogens with zero attached hydrogens (tertiary/aromatic N) is 3. The normalized spacial score (nSPS) is 20.5. The number of hydrogen-bond acceptors (Lipinski definition) is 4.